The molecular weight excluding hydrogens is 322 g/mol. The van der Waals surface area contributed by atoms with E-state index in [9.17, 15) is 19.5 Å². The second kappa shape index (κ2) is 7.87. The van der Waals surface area contributed by atoms with Gasteiger partial charge in [-0.25, -0.2) is 5.43 Å². The molecule has 0 aliphatic rings. The number of hydrogen-bond acceptors (Lipinski definition) is 5. The van der Waals surface area contributed by atoms with Crippen LogP contribution < -0.4 is 15.8 Å². The van der Waals surface area contributed by atoms with Crippen LogP contribution >= 0.6 is 0 Å². The van der Waals surface area contributed by atoms with E-state index < -0.39 is 17.8 Å². The number of nitrogens with one attached hydrogen (secondary N) is 2. The molecule has 0 atom stereocenters. The number of rotatable bonds is 4. The maximum absolute atomic E-state index is 11.8. The largest absolute Gasteiger partial charge is 0.545 e. The number of hydrogen-bond donors (Lipinski definition) is 2. The normalized spacial score (nSPS) is 10.5. The molecule has 0 spiro atoms. The Bertz CT molecular complexity index is 842. The predicted octanol–water partition coefficient (Wildman–Crippen LogP) is 0.756. The van der Waals surface area contributed by atoms with Crippen LogP contribution in [0, 0.1) is 13.8 Å². The summed E-state index contributed by atoms with van der Waals surface area (Å²) < 4.78 is 0. The average Bonchev–Trinajstić information content (AvgIpc) is 2.58. The first-order valence-corrected chi connectivity index (χ1v) is 7.40. The van der Waals surface area contributed by atoms with Crippen molar-refractivity contribution in [1.82, 2.24) is 5.43 Å². The van der Waals surface area contributed by atoms with Crippen molar-refractivity contribution in [2.75, 3.05) is 5.32 Å². The summed E-state index contributed by atoms with van der Waals surface area (Å²) in [5.41, 5.74) is 5.29. The number of benzene rings is 2. The van der Waals surface area contributed by atoms with Crippen LogP contribution in [-0.2, 0) is 9.59 Å². The highest BCUT2D eigenvalue weighted by molar-refractivity contribution is 6.39. The van der Waals surface area contributed by atoms with E-state index in [2.05, 4.69) is 15.8 Å². The van der Waals surface area contributed by atoms with Gasteiger partial charge < -0.3 is 15.2 Å². The Hall–Kier alpha value is -3.48. The molecular formula is C18H16N3O4-. The van der Waals surface area contributed by atoms with Gasteiger partial charge in [-0.1, -0.05) is 30.3 Å². The van der Waals surface area contributed by atoms with E-state index in [0.29, 0.717) is 11.3 Å². The summed E-state index contributed by atoms with van der Waals surface area (Å²) in [5, 5.41) is 16.8. The number of carboxylic acids is 1. The van der Waals surface area contributed by atoms with Gasteiger partial charge in [-0.3, -0.25) is 9.59 Å². The minimum Gasteiger partial charge on any atom is -0.545 e. The van der Waals surface area contributed by atoms with Crippen molar-refractivity contribution in [3.63, 3.8) is 0 Å². The van der Waals surface area contributed by atoms with Crippen molar-refractivity contribution in [3.05, 3.63) is 64.7 Å². The Morgan fingerprint density at radius 1 is 0.960 bits per heavy atom. The fourth-order valence-corrected chi connectivity index (χ4v) is 1.93. The molecule has 7 heteroatoms. The summed E-state index contributed by atoms with van der Waals surface area (Å²) in [7, 11) is 0. The lowest BCUT2D eigenvalue weighted by molar-refractivity contribution is -0.255. The van der Waals surface area contributed by atoms with Crippen LogP contribution in [0.4, 0.5) is 5.69 Å². The Balaban J connectivity index is 1.91. The maximum atomic E-state index is 11.8. The maximum Gasteiger partial charge on any atom is 0.329 e. The van der Waals surface area contributed by atoms with E-state index in [-0.39, 0.29) is 5.56 Å². The summed E-state index contributed by atoms with van der Waals surface area (Å²) in [6, 6.07) is 11.0. The highest BCUT2D eigenvalue weighted by Crippen LogP contribution is 2.13. The molecule has 2 amide bonds. The quantitative estimate of drug-likeness (QED) is 0.487. The zero-order valence-corrected chi connectivity index (χ0v) is 13.7. The summed E-state index contributed by atoms with van der Waals surface area (Å²) >= 11 is 0. The molecule has 2 aromatic carbocycles. The van der Waals surface area contributed by atoms with Crippen molar-refractivity contribution in [3.8, 4) is 0 Å². The molecule has 0 heterocycles. The van der Waals surface area contributed by atoms with Crippen LogP contribution in [0.25, 0.3) is 0 Å². The van der Waals surface area contributed by atoms with Gasteiger partial charge in [0.05, 0.1) is 12.2 Å². The fourth-order valence-electron chi connectivity index (χ4n) is 1.93. The molecule has 0 bridgehead atoms. The van der Waals surface area contributed by atoms with Crippen LogP contribution in [0.2, 0.25) is 0 Å². The lowest BCUT2D eigenvalue weighted by Crippen LogP contribution is -2.32. The monoisotopic (exact) mass is 338 g/mol. The molecule has 128 valence electrons. The zero-order chi connectivity index (χ0) is 18.4. The molecule has 2 aromatic rings. The van der Waals surface area contributed by atoms with Crippen LogP contribution in [-0.4, -0.2) is 24.0 Å². The van der Waals surface area contributed by atoms with Gasteiger partial charge in [-0.15, -0.1) is 0 Å². The third-order valence-electron chi connectivity index (χ3n) is 3.50. The summed E-state index contributed by atoms with van der Waals surface area (Å²) in [5.74, 6) is -3.03. The third-order valence-corrected chi connectivity index (χ3v) is 3.50. The molecule has 0 saturated carbocycles. The lowest BCUT2D eigenvalue weighted by atomic mass is 10.1. The second-order valence-corrected chi connectivity index (χ2v) is 5.36. The molecule has 7 nitrogen and oxygen atoms in total. The standard InChI is InChI=1S/C18H17N3O4/c1-11-3-8-15(9-12(11)2)20-16(22)17(23)21-19-10-13-4-6-14(7-5-13)18(24)25/h3-10H,1-2H3,(H,20,22)(H,21,23)(H,24,25)/p-1/b19-10-. The molecule has 0 unspecified atom stereocenters. The van der Waals surface area contributed by atoms with E-state index in [1.165, 1.54) is 30.5 Å². The summed E-state index contributed by atoms with van der Waals surface area (Å²) in [4.78, 5) is 34.1. The Morgan fingerprint density at radius 2 is 1.64 bits per heavy atom. The van der Waals surface area contributed by atoms with Gasteiger partial charge in [0, 0.05) is 5.69 Å². The van der Waals surface area contributed by atoms with Gasteiger partial charge in [-0.05, 0) is 48.2 Å². The number of anilines is 1. The van der Waals surface area contributed by atoms with Gasteiger partial charge >= 0.3 is 11.8 Å². The minimum absolute atomic E-state index is 0.0361. The smallest absolute Gasteiger partial charge is 0.329 e. The van der Waals surface area contributed by atoms with E-state index in [4.69, 9.17) is 0 Å². The van der Waals surface area contributed by atoms with Crippen molar-refractivity contribution in [1.29, 1.82) is 0 Å². The molecule has 0 saturated heterocycles. The topological polar surface area (TPSA) is 111 Å². The summed E-state index contributed by atoms with van der Waals surface area (Å²) in [6.45, 7) is 3.85. The third kappa shape index (κ3) is 5.00. The van der Waals surface area contributed by atoms with Gasteiger partial charge in [0.2, 0.25) is 0 Å². The number of carbonyl (C=O) groups is 3. The Labute approximate surface area is 144 Å². The summed E-state index contributed by atoms with van der Waals surface area (Å²) in [6.07, 6.45) is 1.29. The molecule has 0 aliphatic heterocycles. The second-order valence-electron chi connectivity index (χ2n) is 5.36. The molecule has 0 radical (unpaired) electrons. The molecule has 0 fully saturated rings. The van der Waals surface area contributed by atoms with Crippen LogP contribution in [0.5, 0.6) is 0 Å². The molecule has 2 rings (SSSR count). The number of aromatic carboxylic acids is 1. The fraction of sp³-hybridized carbons (Fsp3) is 0.111. The number of carboxylic acid groups (broad SMARTS) is 1. The average molecular weight is 338 g/mol. The number of nitrogens with zero attached hydrogens (tertiary/aromatic N) is 1. The van der Waals surface area contributed by atoms with Gasteiger partial charge in [-0.2, -0.15) is 5.10 Å². The zero-order valence-electron chi connectivity index (χ0n) is 13.7. The molecule has 25 heavy (non-hydrogen) atoms. The van der Waals surface area contributed by atoms with E-state index >= 15 is 0 Å². The van der Waals surface area contributed by atoms with Crippen molar-refractivity contribution in [2.24, 2.45) is 5.10 Å². The Morgan fingerprint density at radius 3 is 2.24 bits per heavy atom. The number of carbonyl (C=O) groups excluding carboxylic acids is 3. The van der Waals surface area contributed by atoms with Gasteiger partial charge in [0.1, 0.15) is 0 Å². The van der Waals surface area contributed by atoms with E-state index in [1.807, 2.05) is 19.9 Å². The molecule has 2 N–H and O–H groups in total. The SMILES string of the molecule is Cc1ccc(NC(=O)C(=O)N/N=C\c2ccc(C(=O)[O-])cc2)cc1C. The molecule has 0 aromatic heterocycles. The number of aryl methyl sites for hydroxylation is 2. The van der Waals surface area contributed by atoms with Gasteiger partial charge in [0.15, 0.2) is 0 Å². The predicted molar refractivity (Wildman–Crippen MR) is 91.1 cm³/mol. The lowest BCUT2D eigenvalue weighted by Gasteiger charge is -2.06. The first-order chi connectivity index (χ1) is 11.9. The highest BCUT2D eigenvalue weighted by Gasteiger charge is 2.13. The van der Waals surface area contributed by atoms with Crippen LogP contribution in [0.1, 0.15) is 27.0 Å². The van der Waals surface area contributed by atoms with Crippen molar-refractivity contribution >= 4 is 29.7 Å². The van der Waals surface area contributed by atoms with Crippen molar-refractivity contribution in [2.45, 2.75) is 13.8 Å². The van der Waals surface area contributed by atoms with Crippen LogP contribution in [0.15, 0.2) is 47.6 Å². The van der Waals surface area contributed by atoms with Gasteiger partial charge in [0.25, 0.3) is 0 Å². The molecule has 0 aliphatic carbocycles. The Kier molecular flexibility index (Phi) is 5.62. The van der Waals surface area contributed by atoms with E-state index in [1.54, 1.807) is 12.1 Å². The minimum atomic E-state index is -1.28. The van der Waals surface area contributed by atoms with E-state index in [0.717, 1.165) is 11.1 Å². The highest BCUT2D eigenvalue weighted by atomic mass is 16.4. The van der Waals surface area contributed by atoms with Crippen molar-refractivity contribution < 1.29 is 19.5 Å². The number of amides is 2. The number of hydrazone groups is 1. The first kappa shape index (κ1) is 17.9. The first-order valence-electron chi connectivity index (χ1n) is 7.40. The van der Waals surface area contributed by atoms with Crippen LogP contribution in [0.3, 0.4) is 0 Å².